The Morgan fingerprint density at radius 1 is 1.25 bits per heavy atom. The van der Waals surface area contributed by atoms with Crippen molar-refractivity contribution in [1.29, 1.82) is 0 Å². The molecule has 1 aromatic heterocycles. The summed E-state index contributed by atoms with van der Waals surface area (Å²) in [6.45, 7) is 4.48. The lowest BCUT2D eigenvalue weighted by molar-refractivity contribution is -0.131. The van der Waals surface area contributed by atoms with Gasteiger partial charge in [0.1, 0.15) is 29.5 Å². The van der Waals surface area contributed by atoms with E-state index in [0.29, 0.717) is 11.5 Å². The summed E-state index contributed by atoms with van der Waals surface area (Å²) in [5.41, 5.74) is -1.69. The number of aryl methyl sites for hydroxylation is 2. The fourth-order valence-corrected chi connectivity index (χ4v) is 2.73. The summed E-state index contributed by atoms with van der Waals surface area (Å²) >= 11 is 0. The van der Waals surface area contributed by atoms with E-state index in [0.717, 1.165) is 17.0 Å². The maximum Gasteiger partial charge on any atom is 0.325 e. The van der Waals surface area contributed by atoms with Crippen molar-refractivity contribution < 1.29 is 22.8 Å². The Bertz CT molecular complexity index is 809. The average Bonchev–Trinajstić information content (AvgIpc) is 2.91. The number of hydrogen-bond donors (Lipinski definition) is 1. The van der Waals surface area contributed by atoms with Crippen LogP contribution in [-0.4, -0.2) is 21.8 Å². The van der Waals surface area contributed by atoms with E-state index in [1.165, 1.54) is 13.0 Å². The number of amides is 3. The van der Waals surface area contributed by atoms with Crippen LogP contribution in [0.15, 0.2) is 22.6 Å². The van der Waals surface area contributed by atoms with Gasteiger partial charge in [0.15, 0.2) is 0 Å². The van der Waals surface area contributed by atoms with Crippen molar-refractivity contribution in [1.82, 2.24) is 15.2 Å². The lowest BCUT2D eigenvalue weighted by Crippen LogP contribution is -2.42. The Morgan fingerprint density at radius 3 is 2.42 bits per heavy atom. The summed E-state index contributed by atoms with van der Waals surface area (Å²) < 4.78 is 33.5. The molecule has 1 fully saturated rings. The zero-order valence-electron chi connectivity index (χ0n) is 13.3. The van der Waals surface area contributed by atoms with Gasteiger partial charge in [-0.2, -0.15) is 0 Å². The third-order valence-electron chi connectivity index (χ3n) is 4.10. The van der Waals surface area contributed by atoms with Gasteiger partial charge in [-0.1, -0.05) is 6.07 Å². The average molecular weight is 335 g/mol. The van der Waals surface area contributed by atoms with Crippen LogP contribution in [0.3, 0.4) is 0 Å². The molecule has 8 heteroatoms. The zero-order valence-corrected chi connectivity index (χ0v) is 13.3. The van der Waals surface area contributed by atoms with E-state index in [-0.39, 0.29) is 12.4 Å². The van der Waals surface area contributed by atoms with Gasteiger partial charge < -0.3 is 9.73 Å². The van der Waals surface area contributed by atoms with Gasteiger partial charge in [-0.05, 0) is 32.9 Å². The highest BCUT2D eigenvalue weighted by Gasteiger charge is 2.51. The van der Waals surface area contributed by atoms with E-state index in [9.17, 15) is 18.4 Å². The highest BCUT2D eigenvalue weighted by Crippen LogP contribution is 2.33. The number of imide groups is 1. The lowest BCUT2D eigenvalue weighted by atomic mass is 9.91. The predicted molar refractivity (Wildman–Crippen MR) is 78.8 cm³/mol. The van der Waals surface area contributed by atoms with Crippen LogP contribution in [-0.2, 0) is 16.9 Å². The summed E-state index contributed by atoms with van der Waals surface area (Å²) in [6.07, 6.45) is 0. The largest absolute Gasteiger partial charge is 0.444 e. The van der Waals surface area contributed by atoms with Crippen LogP contribution >= 0.6 is 0 Å². The molecule has 1 unspecified atom stereocenters. The van der Waals surface area contributed by atoms with Gasteiger partial charge >= 0.3 is 6.03 Å². The number of oxazole rings is 1. The van der Waals surface area contributed by atoms with Crippen molar-refractivity contribution in [3.63, 3.8) is 0 Å². The number of urea groups is 1. The number of benzene rings is 1. The SMILES string of the molecule is Cc1nc(CN2C(=O)NC(C)(c3c(F)cccc3F)C2=O)oc1C. The molecule has 1 saturated heterocycles. The lowest BCUT2D eigenvalue weighted by Gasteiger charge is -2.23. The van der Waals surface area contributed by atoms with Crippen LogP contribution < -0.4 is 5.32 Å². The molecule has 126 valence electrons. The highest BCUT2D eigenvalue weighted by molar-refractivity contribution is 6.07. The van der Waals surface area contributed by atoms with Crippen molar-refractivity contribution in [3.8, 4) is 0 Å². The molecule has 3 rings (SSSR count). The monoisotopic (exact) mass is 335 g/mol. The van der Waals surface area contributed by atoms with Crippen molar-refractivity contribution in [3.05, 3.63) is 52.7 Å². The minimum absolute atomic E-state index is 0.173. The van der Waals surface area contributed by atoms with Gasteiger partial charge in [0.05, 0.1) is 11.3 Å². The first-order valence-electron chi connectivity index (χ1n) is 7.25. The van der Waals surface area contributed by atoms with E-state index in [1.807, 2.05) is 0 Å². The summed E-state index contributed by atoms with van der Waals surface area (Å²) in [4.78, 5) is 29.8. The minimum Gasteiger partial charge on any atom is -0.444 e. The zero-order chi connectivity index (χ0) is 17.6. The predicted octanol–water partition coefficient (Wildman–Crippen LogP) is 2.54. The second-order valence-electron chi connectivity index (χ2n) is 5.79. The number of rotatable bonds is 3. The van der Waals surface area contributed by atoms with Crippen molar-refractivity contribution >= 4 is 11.9 Å². The Kier molecular flexibility index (Phi) is 3.62. The Morgan fingerprint density at radius 2 is 1.88 bits per heavy atom. The molecule has 6 nitrogen and oxygen atoms in total. The first-order valence-corrected chi connectivity index (χ1v) is 7.25. The standard InChI is InChI=1S/C16H15F2N3O3/c1-8-9(2)24-12(19-8)7-21-14(22)16(3,20-15(21)23)13-10(17)5-4-6-11(13)18/h4-6H,7H2,1-3H3,(H,20,23). The quantitative estimate of drug-likeness (QED) is 0.875. The number of carbonyl (C=O) groups is 2. The van der Waals surface area contributed by atoms with Gasteiger partial charge in [-0.15, -0.1) is 0 Å². The van der Waals surface area contributed by atoms with Gasteiger partial charge in [-0.3, -0.25) is 9.69 Å². The minimum atomic E-state index is -1.83. The summed E-state index contributed by atoms with van der Waals surface area (Å²) in [7, 11) is 0. The maximum atomic E-state index is 14.1. The fourth-order valence-electron chi connectivity index (χ4n) is 2.73. The molecular weight excluding hydrogens is 320 g/mol. The second kappa shape index (κ2) is 5.40. The molecule has 24 heavy (non-hydrogen) atoms. The number of hydrogen-bond acceptors (Lipinski definition) is 4. The highest BCUT2D eigenvalue weighted by atomic mass is 19.1. The molecular formula is C16H15F2N3O3. The van der Waals surface area contributed by atoms with Crippen LogP contribution in [0.1, 0.15) is 29.8 Å². The Hall–Kier alpha value is -2.77. The molecule has 0 spiro atoms. The summed E-state index contributed by atoms with van der Waals surface area (Å²) in [6, 6.07) is 2.49. The molecule has 1 aliphatic heterocycles. The molecule has 0 aliphatic carbocycles. The van der Waals surface area contributed by atoms with Crippen LogP contribution in [0.4, 0.5) is 13.6 Å². The smallest absolute Gasteiger partial charge is 0.325 e. The topological polar surface area (TPSA) is 75.4 Å². The van der Waals surface area contributed by atoms with Gasteiger partial charge in [0.25, 0.3) is 5.91 Å². The number of carbonyl (C=O) groups excluding carboxylic acids is 2. The summed E-state index contributed by atoms with van der Waals surface area (Å²) in [5, 5.41) is 2.36. The van der Waals surface area contributed by atoms with Gasteiger partial charge in [0, 0.05) is 0 Å². The molecule has 1 aliphatic rings. The molecule has 0 saturated carbocycles. The van der Waals surface area contributed by atoms with E-state index in [4.69, 9.17) is 4.42 Å². The van der Waals surface area contributed by atoms with Crippen molar-refractivity contribution in [2.45, 2.75) is 32.9 Å². The number of nitrogens with one attached hydrogen (secondary N) is 1. The first-order chi connectivity index (χ1) is 11.2. The molecule has 1 atom stereocenters. The molecule has 1 N–H and O–H groups in total. The Balaban J connectivity index is 1.96. The molecule has 2 aromatic rings. The van der Waals surface area contributed by atoms with E-state index < -0.39 is 34.7 Å². The van der Waals surface area contributed by atoms with Crippen LogP contribution in [0, 0.1) is 25.5 Å². The Labute approximate surface area is 136 Å². The van der Waals surface area contributed by atoms with Crippen molar-refractivity contribution in [2.24, 2.45) is 0 Å². The molecule has 0 radical (unpaired) electrons. The molecule has 1 aromatic carbocycles. The number of aromatic nitrogens is 1. The molecule has 3 amide bonds. The van der Waals surface area contributed by atoms with Crippen LogP contribution in [0.25, 0.3) is 0 Å². The molecule has 0 bridgehead atoms. The van der Waals surface area contributed by atoms with Crippen LogP contribution in [0.5, 0.6) is 0 Å². The van der Waals surface area contributed by atoms with E-state index in [1.54, 1.807) is 13.8 Å². The first kappa shape index (κ1) is 16.1. The van der Waals surface area contributed by atoms with E-state index >= 15 is 0 Å². The normalized spacial score (nSPS) is 20.6. The fraction of sp³-hybridized carbons (Fsp3) is 0.312. The second-order valence-corrected chi connectivity index (χ2v) is 5.79. The third-order valence-corrected chi connectivity index (χ3v) is 4.10. The molecule has 2 heterocycles. The number of nitrogens with zero attached hydrogens (tertiary/aromatic N) is 2. The van der Waals surface area contributed by atoms with Gasteiger partial charge in [-0.25, -0.2) is 18.6 Å². The van der Waals surface area contributed by atoms with E-state index in [2.05, 4.69) is 10.3 Å². The van der Waals surface area contributed by atoms with Crippen molar-refractivity contribution in [2.75, 3.05) is 0 Å². The van der Waals surface area contributed by atoms with Crippen LogP contribution in [0.2, 0.25) is 0 Å². The number of halogens is 2. The maximum absolute atomic E-state index is 14.1. The summed E-state index contributed by atoms with van der Waals surface area (Å²) in [5.74, 6) is -1.84. The van der Waals surface area contributed by atoms with Gasteiger partial charge in [0.2, 0.25) is 5.89 Å². The third kappa shape index (κ3) is 2.34.